The van der Waals surface area contributed by atoms with E-state index in [0.717, 1.165) is 20.9 Å². The Morgan fingerprint density at radius 3 is 2.68 bits per heavy atom. The maximum atomic E-state index is 6.16. The summed E-state index contributed by atoms with van der Waals surface area (Å²) < 4.78 is 0.978. The maximum Gasteiger partial charge on any atom is 0.0982 e. The van der Waals surface area contributed by atoms with Gasteiger partial charge >= 0.3 is 0 Å². The van der Waals surface area contributed by atoms with Gasteiger partial charge in [-0.25, -0.2) is 4.98 Å². The fourth-order valence-corrected chi connectivity index (χ4v) is 3.20. The lowest BCUT2D eigenvalue weighted by Gasteiger charge is -2.13. The summed E-state index contributed by atoms with van der Waals surface area (Å²) in [6.07, 6.45) is 0. The van der Waals surface area contributed by atoms with Crippen LogP contribution in [0.15, 0.2) is 28.1 Å². The molecule has 0 radical (unpaired) electrons. The molecular formula is C14H16BrClN2S. The standard InChI is InChI=1S/C14H16BrClN2S/c1-14(2,3)13-18-10(8-19-13)7-17-12-5-4-9(15)6-11(12)16/h4-6,8,17H,7H2,1-3H3. The van der Waals surface area contributed by atoms with Gasteiger partial charge in [0.25, 0.3) is 0 Å². The van der Waals surface area contributed by atoms with Crippen LogP contribution < -0.4 is 5.32 Å². The summed E-state index contributed by atoms with van der Waals surface area (Å²) in [5, 5.41) is 7.28. The van der Waals surface area contributed by atoms with Crippen LogP contribution in [0.3, 0.4) is 0 Å². The molecule has 2 aromatic rings. The highest BCUT2D eigenvalue weighted by Crippen LogP contribution is 2.28. The lowest BCUT2D eigenvalue weighted by atomic mass is 9.98. The molecule has 0 unspecified atom stereocenters. The number of rotatable bonds is 3. The SMILES string of the molecule is CC(C)(C)c1nc(CNc2ccc(Br)cc2Cl)cs1. The number of anilines is 1. The Labute approximate surface area is 131 Å². The Morgan fingerprint density at radius 1 is 1.37 bits per heavy atom. The van der Waals surface area contributed by atoms with Crippen molar-refractivity contribution < 1.29 is 0 Å². The van der Waals surface area contributed by atoms with E-state index >= 15 is 0 Å². The van der Waals surface area contributed by atoms with Crippen molar-refractivity contribution in [3.63, 3.8) is 0 Å². The topological polar surface area (TPSA) is 24.9 Å². The number of thiazole rings is 1. The van der Waals surface area contributed by atoms with Crippen LogP contribution in [0.4, 0.5) is 5.69 Å². The molecule has 2 nitrogen and oxygen atoms in total. The molecule has 0 aliphatic heterocycles. The van der Waals surface area contributed by atoms with Crippen LogP contribution in [0.1, 0.15) is 31.5 Å². The van der Waals surface area contributed by atoms with Gasteiger partial charge in [-0.1, -0.05) is 48.3 Å². The molecule has 0 fully saturated rings. The first-order chi connectivity index (χ1) is 8.86. The number of benzene rings is 1. The van der Waals surface area contributed by atoms with Crippen LogP contribution in [0, 0.1) is 0 Å². The summed E-state index contributed by atoms with van der Waals surface area (Å²) in [6, 6.07) is 5.81. The third-order valence-corrected chi connectivity index (χ3v) is 4.71. The molecule has 0 saturated heterocycles. The zero-order valence-corrected chi connectivity index (χ0v) is 14.3. The number of hydrogen-bond acceptors (Lipinski definition) is 3. The van der Waals surface area contributed by atoms with Gasteiger partial charge in [-0.2, -0.15) is 0 Å². The zero-order chi connectivity index (χ0) is 14.0. The molecule has 1 aromatic heterocycles. The Kier molecular flexibility index (Phi) is 4.54. The first kappa shape index (κ1) is 14.8. The lowest BCUT2D eigenvalue weighted by Crippen LogP contribution is -2.11. The van der Waals surface area contributed by atoms with Gasteiger partial charge in [0.2, 0.25) is 0 Å². The summed E-state index contributed by atoms with van der Waals surface area (Å²) in [5.41, 5.74) is 2.09. The molecule has 102 valence electrons. The van der Waals surface area contributed by atoms with E-state index in [-0.39, 0.29) is 5.41 Å². The van der Waals surface area contributed by atoms with Crippen molar-refractivity contribution in [2.75, 3.05) is 5.32 Å². The molecule has 0 amide bonds. The predicted octanol–water partition coefficient (Wildman–Crippen LogP) is 5.47. The van der Waals surface area contributed by atoms with E-state index in [1.165, 1.54) is 0 Å². The number of nitrogens with zero attached hydrogens (tertiary/aromatic N) is 1. The number of halogens is 2. The molecule has 0 bridgehead atoms. The highest BCUT2D eigenvalue weighted by molar-refractivity contribution is 9.10. The van der Waals surface area contributed by atoms with Gasteiger partial charge in [0.15, 0.2) is 0 Å². The van der Waals surface area contributed by atoms with Gasteiger partial charge in [-0.05, 0) is 18.2 Å². The van der Waals surface area contributed by atoms with E-state index in [2.05, 4.69) is 52.4 Å². The predicted molar refractivity (Wildman–Crippen MR) is 87.3 cm³/mol. The molecule has 0 atom stereocenters. The van der Waals surface area contributed by atoms with Crippen molar-refractivity contribution in [3.05, 3.63) is 43.8 Å². The average molecular weight is 360 g/mol. The second-order valence-corrected chi connectivity index (χ2v) is 7.55. The number of hydrogen-bond donors (Lipinski definition) is 1. The summed E-state index contributed by atoms with van der Waals surface area (Å²) in [5.74, 6) is 0. The molecule has 19 heavy (non-hydrogen) atoms. The van der Waals surface area contributed by atoms with E-state index in [9.17, 15) is 0 Å². The minimum absolute atomic E-state index is 0.109. The number of nitrogens with one attached hydrogen (secondary N) is 1. The van der Waals surface area contributed by atoms with Gasteiger partial charge in [0.05, 0.1) is 28.0 Å². The smallest absolute Gasteiger partial charge is 0.0982 e. The number of aromatic nitrogens is 1. The summed E-state index contributed by atoms with van der Waals surface area (Å²) >= 11 is 11.3. The van der Waals surface area contributed by atoms with E-state index in [0.29, 0.717) is 11.6 Å². The minimum Gasteiger partial charge on any atom is -0.378 e. The average Bonchev–Trinajstić information content (AvgIpc) is 2.76. The molecule has 5 heteroatoms. The van der Waals surface area contributed by atoms with E-state index in [1.807, 2.05) is 18.2 Å². The van der Waals surface area contributed by atoms with Crippen LogP contribution in [0.2, 0.25) is 5.02 Å². The van der Waals surface area contributed by atoms with Gasteiger partial charge in [-0.3, -0.25) is 0 Å². The van der Waals surface area contributed by atoms with E-state index < -0.39 is 0 Å². The Morgan fingerprint density at radius 2 is 2.11 bits per heavy atom. The first-order valence-electron chi connectivity index (χ1n) is 6.00. The first-order valence-corrected chi connectivity index (χ1v) is 8.05. The monoisotopic (exact) mass is 358 g/mol. The lowest BCUT2D eigenvalue weighted by molar-refractivity contribution is 0.583. The molecule has 0 aliphatic rings. The Hall–Kier alpha value is -0.580. The van der Waals surface area contributed by atoms with E-state index in [4.69, 9.17) is 11.6 Å². The van der Waals surface area contributed by atoms with Crippen molar-refractivity contribution in [2.45, 2.75) is 32.7 Å². The maximum absolute atomic E-state index is 6.16. The summed E-state index contributed by atoms with van der Waals surface area (Å²) in [6.45, 7) is 7.21. The van der Waals surface area contributed by atoms with Crippen LogP contribution >= 0.6 is 38.9 Å². The summed E-state index contributed by atoms with van der Waals surface area (Å²) in [7, 11) is 0. The second kappa shape index (κ2) is 5.81. The molecule has 2 rings (SSSR count). The minimum atomic E-state index is 0.109. The largest absolute Gasteiger partial charge is 0.378 e. The summed E-state index contributed by atoms with van der Waals surface area (Å²) in [4.78, 5) is 4.65. The van der Waals surface area contributed by atoms with Crippen molar-refractivity contribution >= 4 is 44.6 Å². The van der Waals surface area contributed by atoms with Gasteiger partial charge in [0, 0.05) is 15.3 Å². The fourth-order valence-electron chi connectivity index (χ4n) is 1.55. The molecule has 0 spiro atoms. The third kappa shape index (κ3) is 3.94. The molecule has 0 aliphatic carbocycles. The van der Waals surface area contributed by atoms with Crippen molar-refractivity contribution in [1.82, 2.24) is 4.98 Å². The van der Waals surface area contributed by atoms with Crippen molar-refractivity contribution in [3.8, 4) is 0 Å². The van der Waals surface area contributed by atoms with Crippen LogP contribution in [0.5, 0.6) is 0 Å². The van der Waals surface area contributed by atoms with Crippen molar-refractivity contribution in [2.24, 2.45) is 0 Å². The molecule has 1 aromatic carbocycles. The fraction of sp³-hybridized carbons (Fsp3) is 0.357. The van der Waals surface area contributed by atoms with Crippen molar-refractivity contribution in [1.29, 1.82) is 0 Å². The highest BCUT2D eigenvalue weighted by atomic mass is 79.9. The zero-order valence-electron chi connectivity index (χ0n) is 11.1. The van der Waals surface area contributed by atoms with Gasteiger partial charge in [0.1, 0.15) is 0 Å². The van der Waals surface area contributed by atoms with Gasteiger partial charge in [-0.15, -0.1) is 11.3 Å². The molecule has 1 N–H and O–H groups in total. The Balaban J connectivity index is 2.04. The molecule has 1 heterocycles. The van der Waals surface area contributed by atoms with Gasteiger partial charge < -0.3 is 5.32 Å². The highest BCUT2D eigenvalue weighted by Gasteiger charge is 2.17. The normalized spacial score (nSPS) is 11.6. The second-order valence-electron chi connectivity index (χ2n) is 5.37. The third-order valence-electron chi connectivity index (χ3n) is 2.58. The van der Waals surface area contributed by atoms with E-state index in [1.54, 1.807) is 11.3 Å². The molecular weight excluding hydrogens is 344 g/mol. The molecule has 0 saturated carbocycles. The van der Waals surface area contributed by atoms with Crippen LogP contribution in [-0.4, -0.2) is 4.98 Å². The van der Waals surface area contributed by atoms with Crippen LogP contribution in [0.25, 0.3) is 0 Å². The van der Waals surface area contributed by atoms with Crippen LogP contribution in [-0.2, 0) is 12.0 Å². The quantitative estimate of drug-likeness (QED) is 0.786. The Bertz CT molecular complexity index is 575.